The van der Waals surface area contributed by atoms with Gasteiger partial charge in [0.1, 0.15) is 5.01 Å². The Morgan fingerprint density at radius 3 is 2.59 bits per heavy atom. The van der Waals surface area contributed by atoms with Gasteiger partial charge in [-0.1, -0.05) is 48.5 Å². The summed E-state index contributed by atoms with van der Waals surface area (Å²) in [5.41, 5.74) is 0.891. The molecule has 1 fully saturated rings. The number of thiazole rings is 1. The van der Waals surface area contributed by atoms with Crippen molar-refractivity contribution in [2.24, 2.45) is 5.92 Å². The van der Waals surface area contributed by atoms with Crippen molar-refractivity contribution in [3.8, 4) is 10.4 Å². The van der Waals surface area contributed by atoms with Gasteiger partial charge in [-0.3, -0.25) is 0 Å². The molecule has 118 valence electrons. The van der Waals surface area contributed by atoms with Crippen molar-refractivity contribution in [2.75, 3.05) is 6.54 Å². The standard InChI is InChI=1S/C17H20Cl2N2S/c18-13-7-4-8-14(19)17(13)15-10-21-16(22-15)11-20-9-12-5-2-1-3-6-12/h4,7-8,10,12,20H,1-3,5-6,9,11H2. The topological polar surface area (TPSA) is 24.9 Å². The largest absolute Gasteiger partial charge is 0.310 e. The highest BCUT2D eigenvalue weighted by atomic mass is 35.5. The van der Waals surface area contributed by atoms with Crippen LogP contribution in [0.2, 0.25) is 10.0 Å². The van der Waals surface area contributed by atoms with Gasteiger partial charge in [0.25, 0.3) is 0 Å². The Balaban J connectivity index is 1.59. The molecule has 0 spiro atoms. The Kier molecular flexibility index (Phi) is 5.75. The molecule has 1 saturated carbocycles. The Morgan fingerprint density at radius 2 is 1.86 bits per heavy atom. The second-order valence-electron chi connectivity index (χ2n) is 5.85. The van der Waals surface area contributed by atoms with E-state index >= 15 is 0 Å². The zero-order valence-corrected chi connectivity index (χ0v) is 14.8. The van der Waals surface area contributed by atoms with Crippen LogP contribution in [0.3, 0.4) is 0 Å². The molecule has 3 rings (SSSR count). The van der Waals surface area contributed by atoms with Gasteiger partial charge in [-0.05, 0) is 37.4 Å². The third-order valence-corrected chi connectivity index (χ3v) is 5.84. The predicted molar refractivity (Wildman–Crippen MR) is 95.9 cm³/mol. The first-order valence-electron chi connectivity index (χ1n) is 7.84. The lowest BCUT2D eigenvalue weighted by Gasteiger charge is -2.21. The van der Waals surface area contributed by atoms with Crippen LogP contribution in [0.5, 0.6) is 0 Å². The first kappa shape index (κ1) is 16.3. The maximum atomic E-state index is 6.26. The summed E-state index contributed by atoms with van der Waals surface area (Å²) in [6.45, 7) is 1.92. The number of nitrogens with one attached hydrogen (secondary N) is 1. The van der Waals surface area contributed by atoms with E-state index in [1.165, 1.54) is 32.1 Å². The monoisotopic (exact) mass is 354 g/mol. The lowest BCUT2D eigenvalue weighted by atomic mass is 9.89. The SMILES string of the molecule is Clc1cccc(Cl)c1-c1cnc(CNCC2CCCCC2)s1. The van der Waals surface area contributed by atoms with Gasteiger partial charge in [-0.15, -0.1) is 11.3 Å². The van der Waals surface area contributed by atoms with Crippen molar-refractivity contribution < 1.29 is 0 Å². The molecule has 1 heterocycles. The second-order valence-corrected chi connectivity index (χ2v) is 7.78. The molecule has 0 aliphatic heterocycles. The molecule has 5 heteroatoms. The van der Waals surface area contributed by atoms with Crippen LogP contribution in [0.25, 0.3) is 10.4 Å². The predicted octanol–water partition coefficient (Wildman–Crippen LogP) is 5.79. The van der Waals surface area contributed by atoms with Gasteiger partial charge in [-0.2, -0.15) is 0 Å². The fraction of sp³-hybridized carbons (Fsp3) is 0.471. The number of benzene rings is 1. The van der Waals surface area contributed by atoms with Crippen molar-refractivity contribution in [3.05, 3.63) is 39.4 Å². The van der Waals surface area contributed by atoms with E-state index in [0.717, 1.165) is 34.5 Å². The third-order valence-electron chi connectivity index (χ3n) is 4.20. The summed E-state index contributed by atoms with van der Waals surface area (Å²) in [6.07, 6.45) is 8.79. The summed E-state index contributed by atoms with van der Waals surface area (Å²) in [6, 6.07) is 5.59. The molecule has 1 aromatic heterocycles. The Bertz CT molecular complexity index is 601. The van der Waals surface area contributed by atoms with Crippen LogP contribution in [-0.4, -0.2) is 11.5 Å². The Morgan fingerprint density at radius 1 is 1.14 bits per heavy atom. The average molecular weight is 355 g/mol. The average Bonchev–Trinajstić information content (AvgIpc) is 2.97. The smallest absolute Gasteiger partial charge is 0.107 e. The normalized spacial score (nSPS) is 16.1. The number of nitrogens with zero attached hydrogens (tertiary/aromatic N) is 1. The van der Waals surface area contributed by atoms with E-state index in [0.29, 0.717) is 10.0 Å². The maximum absolute atomic E-state index is 6.26. The summed E-state index contributed by atoms with van der Waals surface area (Å²) < 4.78 is 0. The minimum Gasteiger partial charge on any atom is -0.310 e. The first-order chi connectivity index (χ1) is 10.7. The molecule has 1 N–H and O–H groups in total. The molecule has 0 atom stereocenters. The highest BCUT2D eigenvalue weighted by Crippen LogP contribution is 2.37. The number of rotatable bonds is 5. The van der Waals surface area contributed by atoms with Gasteiger partial charge < -0.3 is 5.32 Å². The van der Waals surface area contributed by atoms with Crippen LogP contribution < -0.4 is 5.32 Å². The number of hydrogen-bond donors (Lipinski definition) is 1. The molecular formula is C17H20Cl2N2S. The lowest BCUT2D eigenvalue weighted by molar-refractivity contribution is 0.342. The van der Waals surface area contributed by atoms with Crippen LogP contribution in [0, 0.1) is 5.92 Å². The highest BCUT2D eigenvalue weighted by molar-refractivity contribution is 7.15. The van der Waals surface area contributed by atoms with Crippen LogP contribution in [0.1, 0.15) is 37.1 Å². The van der Waals surface area contributed by atoms with Crippen molar-refractivity contribution in [1.29, 1.82) is 0 Å². The molecule has 2 nitrogen and oxygen atoms in total. The summed E-state index contributed by atoms with van der Waals surface area (Å²) in [5.74, 6) is 0.839. The fourth-order valence-electron chi connectivity index (χ4n) is 3.02. The van der Waals surface area contributed by atoms with E-state index in [1.54, 1.807) is 11.3 Å². The number of hydrogen-bond acceptors (Lipinski definition) is 3. The van der Waals surface area contributed by atoms with E-state index in [2.05, 4.69) is 10.3 Å². The van der Waals surface area contributed by atoms with Crippen molar-refractivity contribution in [1.82, 2.24) is 10.3 Å². The maximum Gasteiger partial charge on any atom is 0.107 e. The zero-order valence-electron chi connectivity index (χ0n) is 12.4. The van der Waals surface area contributed by atoms with E-state index in [-0.39, 0.29) is 0 Å². The first-order valence-corrected chi connectivity index (χ1v) is 9.41. The molecule has 1 aliphatic rings. The van der Waals surface area contributed by atoms with Crippen molar-refractivity contribution in [2.45, 2.75) is 38.6 Å². The van der Waals surface area contributed by atoms with Gasteiger partial charge in [-0.25, -0.2) is 4.98 Å². The fourth-order valence-corrected chi connectivity index (χ4v) is 4.69. The lowest BCUT2D eigenvalue weighted by Crippen LogP contribution is -2.24. The summed E-state index contributed by atoms with van der Waals surface area (Å²) in [5, 5.41) is 5.99. The Hall–Kier alpha value is -0.610. The van der Waals surface area contributed by atoms with Crippen molar-refractivity contribution in [3.63, 3.8) is 0 Å². The number of halogens is 2. The summed E-state index contributed by atoms with van der Waals surface area (Å²) in [7, 11) is 0. The molecule has 1 aromatic carbocycles. The minimum atomic E-state index is 0.679. The van der Waals surface area contributed by atoms with Gasteiger partial charge >= 0.3 is 0 Å². The molecule has 1 aliphatic carbocycles. The number of aromatic nitrogens is 1. The molecular weight excluding hydrogens is 335 g/mol. The molecule has 0 radical (unpaired) electrons. The van der Waals surface area contributed by atoms with Gasteiger partial charge in [0.05, 0.1) is 14.9 Å². The highest BCUT2D eigenvalue weighted by Gasteiger charge is 2.14. The van der Waals surface area contributed by atoms with Crippen molar-refractivity contribution >= 4 is 34.5 Å². The molecule has 0 bridgehead atoms. The quantitative estimate of drug-likeness (QED) is 0.735. The zero-order chi connectivity index (χ0) is 15.4. The van der Waals surface area contributed by atoms with Crippen LogP contribution in [-0.2, 0) is 6.54 Å². The van der Waals surface area contributed by atoms with E-state index in [9.17, 15) is 0 Å². The molecule has 0 amide bonds. The summed E-state index contributed by atoms with van der Waals surface area (Å²) >= 11 is 14.2. The van der Waals surface area contributed by atoms with Crippen LogP contribution in [0.15, 0.2) is 24.4 Å². The van der Waals surface area contributed by atoms with Gasteiger partial charge in [0.15, 0.2) is 0 Å². The molecule has 22 heavy (non-hydrogen) atoms. The summed E-state index contributed by atoms with van der Waals surface area (Å²) in [4.78, 5) is 5.53. The Labute approximate surface area is 145 Å². The molecule has 0 saturated heterocycles. The van der Waals surface area contributed by atoms with E-state index < -0.39 is 0 Å². The van der Waals surface area contributed by atoms with Crippen LogP contribution in [0.4, 0.5) is 0 Å². The second kappa shape index (κ2) is 7.78. The van der Waals surface area contributed by atoms with Crippen LogP contribution >= 0.6 is 34.5 Å². The molecule has 0 unspecified atom stereocenters. The van der Waals surface area contributed by atoms with Gasteiger partial charge in [0, 0.05) is 18.3 Å². The molecule has 2 aromatic rings. The third kappa shape index (κ3) is 4.02. The van der Waals surface area contributed by atoms with E-state index in [1.807, 2.05) is 24.4 Å². The van der Waals surface area contributed by atoms with E-state index in [4.69, 9.17) is 23.2 Å². The van der Waals surface area contributed by atoms with Gasteiger partial charge in [0.2, 0.25) is 0 Å². The minimum absolute atomic E-state index is 0.679.